The minimum Gasteiger partial charge on any atom is -0.345 e. The van der Waals surface area contributed by atoms with Gasteiger partial charge in [0.15, 0.2) is 0 Å². The monoisotopic (exact) mass is 320 g/mol. The van der Waals surface area contributed by atoms with Gasteiger partial charge < -0.3 is 4.98 Å². The number of H-pyrrole nitrogens is 1. The molecule has 5 heteroatoms. The number of hydrogen-bond acceptors (Lipinski definition) is 4. The van der Waals surface area contributed by atoms with Crippen LogP contribution in [0.25, 0.3) is 31.6 Å². The van der Waals surface area contributed by atoms with Crippen molar-refractivity contribution in [3.8, 4) is 10.4 Å². The van der Waals surface area contributed by atoms with Crippen molar-refractivity contribution in [1.29, 1.82) is 0 Å². The van der Waals surface area contributed by atoms with E-state index in [1.54, 1.807) is 11.3 Å². The molecule has 1 N–H and O–H groups in total. The van der Waals surface area contributed by atoms with Crippen LogP contribution in [-0.2, 0) is 6.42 Å². The van der Waals surface area contributed by atoms with Gasteiger partial charge in [-0.05, 0) is 18.1 Å². The van der Waals surface area contributed by atoms with Crippen molar-refractivity contribution in [1.82, 2.24) is 19.9 Å². The molecule has 4 aromatic rings. The minimum atomic E-state index is 0.789. The van der Waals surface area contributed by atoms with Crippen LogP contribution >= 0.6 is 11.3 Å². The molecule has 4 nitrogen and oxygen atoms in total. The van der Waals surface area contributed by atoms with Gasteiger partial charge in [0.05, 0.1) is 0 Å². The predicted octanol–water partition coefficient (Wildman–Crippen LogP) is 4.58. The molecule has 0 saturated heterocycles. The molecular weight excluding hydrogens is 304 g/mol. The summed E-state index contributed by atoms with van der Waals surface area (Å²) < 4.78 is 1.26. The van der Waals surface area contributed by atoms with Gasteiger partial charge >= 0.3 is 0 Å². The number of fused-ring (bicyclic) bond motifs is 2. The number of pyridine rings is 1. The summed E-state index contributed by atoms with van der Waals surface area (Å²) in [6.45, 7) is 0. The Morgan fingerprint density at radius 3 is 3.04 bits per heavy atom. The van der Waals surface area contributed by atoms with Gasteiger partial charge in [-0.1, -0.05) is 19.3 Å². The first-order chi connectivity index (χ1) is 11.4. The Kier molecular flexibility index (Phi) is 2.94. The Bertz CT molecular complexity index is 964. The van der Waals surface area contributed by atoms with Crippen LogP contribution in [0.15, 0.2) is 36.9 Å². The van der Waals surface area contributed by atoms with Crippen molar-refractivity contribution in [2.75, 3.05) is 0 Å². The smallest absolute Gasteiger partial charge is 0.141 e. The van der Waals surface area contributed by atoms with Crippen molar-refractivity contribution in [2.45, 2.75) is 25.7 Å². The first kappa shape index (κ1) is 13.2. The second-order valence-corrected chi connectivity index (χ2v) is 7.36. The SMILES string of the molecule is c1cc2sc(-c3c[nH]c4nc(CC5CCC5)ncc34)cc2cn1. The van der Waals surface area contributed by atoms with E-state index in [4.69, 9.17) is 4.98 Å². The molecule has 1 saturated carbocycles. The van der Waals surface area contributed by atoms with Gasteiger partial charge in [-0.15, -0.1) is 11.3 Å². The number of aromatic nitrogens is 4. The lowest BCUT2D eigenvalue weighted by Crippen LogP contribution is -2.15. The number of nitrogens with zero attached hydrogens (tertiary/aromatic N) is 3. The zero-order valence-electron chi connectivity index (χ0n) is 12.6. The fraction of sp³-hybridized carbons (Fsp3) is 0.278. The van der Waals surface area contributed by atoms with Gasteiger partial charge in [0.1, 0.15) is 11.5 Å². The third-order valence-corrected chi connectivity index (χ3v) is 5.91. The van der Waals surface area contributed by atoms with Crippen LogP contribution in [-0.4, -0.2) is 19.9 Å². The Morgan fingerprint density at radius 2 is 2.22 bits per heavy atom. The van der Waals surface area contributed by atoms with E-state index in [1.807, 2.05) is 24.8 Å². The molecule has 0 unspecified atom stereocenters. The molecule has 1 fully saturated rings. The third-order valence-electron chi connectivity index (χ3n) is 4.76. The zero-order valence-corrected chi connectivity index (χ0v) is 13.4. The molecule has 4 aromatic heterocycles. The Hall–Kier alpha value is -2.27. The van der Waals surface area contributed by atoms with E-state index < -0.39 is 0 Å². The van der Waals surface area contributed by atoms with Crippen molar-refractivity contribution < 1.29 is 0 Å². The lowest BCUT2D eigenvalue weighted by atomic mass is 9.83. The normalized spacial score (nSPS) is 15.3. The zero-order chi connectivity index (χ0) is 15.2. The maximum atomic E-state index is 4.72. The average molecular weight is 320 g/mol. The van der Waals surface area contributed by atoms with E-state index in [9.17, 15) is 0 Å². The Balaban J connectivity index is 1.56. The highest BCUT2D eigenvalue weighted by atomic mass is 32.1. The topological polar surface area (TPSA) is 54.5 Å². The van der Waals surface area contributed by atoms with Crippen molar-refractivity contribution in [3.05, 3.63) is 42.7 Å². The van der Waals surface area contributed by atoms with Gasteiger partial charge in [-0.25, -0.2) is 9.97 Å². The highest BCUT2D eigenvalue weighted by molar-refractivity contribution is 7.22. The summed E-state index contributed by atoms with van der Waals surface area (Å²) in [5.74, 6) is 1.76. The second kappa shape index (κ2) is 5.13. The maximum Gasteiger partial charge on any atom is 0.141 e. The van der Waals surface area contributed by atoms with Crippen LogP contribution in [0.5, 0.6) is 0 Å². The van der Waals surface area contributed by atoms with Gasteiger partial charge in [0.2, 0.25) is 0 Å². The summed E-state index contributed by atoms with van der Waals surface area (Å²) >= 11 is 1.78. The summed E-state index contributed by atoms with van der Waals surface area (Å²) in [6.07, 6.45) is 12.8. The molecule has 0 bridgehead atoms. The summed E-state index contributed by atoms with van der Waals surface area (Å²) in [6, 6.07) is 4.25. The van der Waals surface area contributed by atoms with Crippen LogP contribution in [0.4, 0.5) is 0 Å². The van der Waals surface area contributed by atoms with E-state index in [-0.39, 0.29) is 0 Å². The molecule has 0 radical (unpaired) electrons. The first-order valence-electron chi connectivity index (χ1n) is 8.04. The van der Waals surface area contributed by atoms with Gasteiger partial charge in [-0.2, -0.15) is 0 Å². The van der Waals surface area contributed by atoms with E-state index in [0.29, 0.717) is 0 Å². The molecule has 114 valence electrons. The van der Waals surface area contributed by atoms with E-state index >= 15 is 0 Å². The number of rotatable bonds is 3. The highest BCUT2D eigenvalue weighted by Crippen LogP contribution is 2.36. The molecule has 1 aliphatic carbocycles. The molecule has 1 aliphatic rings. The van der Waals surface area contributed by atoms with E-state index in [1.165, 1.54) is 39.8 Å². The molecule has 0 aliphatic heterocycles. The van der Waals surface area contributed by atoms with Gasteiger partial charge in [0, 0.05) is 57.1 Å². The molecule has 23 heavy (non-hydrogen) atoms. The fourth-order valence-corrected chi connectivity index (χ4v) is 4.28. The van der Waals surface area contributed by atoms with Crippen molar-refractivity contribution >= 4 is 32.5 Å². The standard InChI is InChI=1S/C18H16N4S/c1-2-11(3-1)6-17-20-10-14-13(9-21-18(14)22-17)16-7-12-8-19-5-4-15(12)23-16/h4-5,7-11H,1-3,6H2,(H,20,21,22). The summed E-state index contributed by atoms with van der Waals surface area (Å²) in [7, 11) is 0. The molecular formula is C18H16N4S. The van der Waals surface area contributed by atoms with Gasteiger partial charge in [0.25, 0.3) is 0 Å². The molecule has 4 heterocycles. The molecule has 0 atom stereocenters. The van der Waals surface area contributed by atoms with Crippen LogP contribution in [0.2, 0.25) is 0 Å². The lowest BCUT2D eigenvalue weighted by Gasteiger charge is -2.24. The minimum absolute atomic E-state index is 0.789. The van der Waals surface area contributed by atoms with Crippen LogP contribution in [0.1, 0.15) is 25.1 Å². The second-order valence-electron chi connectivity index (χ2n) is 6.28. The maximum absolute atomic E-state index is 4.72. The molecule has 0 spiro atoms. The van der Waals surface area contributed by atoms with Crippen molar-refractivity contribution in [2.24, 2.45) is 5.92 Å². The summed E-state index contributed by atoms with van der Waals surface area (Å²) in [4.78, 5) is 18.1. The fourth-order valence-electron chi connectivity index (χ4n) is 3.22. The van der Waals surface area contributed by atoms with Crippen LogP contribution < -0.4 is 0 Å². The summed E-state index contributed by atoms with van der Waals surface area (Å²) in [5.41, 5.74) is 2.12. The van der Waals surface area contributed by atoms with Crippen LogP contribution in [0, 0.1) is 5.92 Å². The van der Waals surface area contributed by atoms with Crippen LogP contribution in [0.3, 0.4) is 0 Å². The number of thiophene rings is 1. The number of nitrogens with one attached hydrogen (secondary N) is 1. The highest BCUT2D eigenvalue weighted by Gasteiger charge is 2.19. The molecule has 0 aromatic carbocycles. The van der Waals surface area contributed by atoms with E-state index in [2.05, 4.69) is 27.1 Å². The van der Waals surface area contributed by atoms with Gasteiger partial charge in [-0.3, -0.25) is 4.98 Å². The quantitative estimate of drug-likeness (QED) is 0.601. The van der Waals surface area contributed by atoms with E-state index in [0.717, 1.165) is 29.2 Å². The molecule has 5 rings (SSSR count). The van der Waals surface area contributed by atoms with Crippen molar-refractivity contribution in [3.63, 3.8) is 0 Å². The Labute approximate surface area is 137 Å². The number of aromatic amines is 1. The lowest BCUT2D eigenvalue weighted by molar-refractivity contribution is 0.309. The Morgan fingerprint density at radius 1 is 1.26 bits per heavy atom. The predicted molar refractivity (Wildman–Crippen MR) is 93.5 cm³/mol. The molecule has 0 amide bonds. The number of hydrogen-bond donors (Lipinski definition) is 1. The first-order valence-corrected chi connectivity index (χ1v) is 8.85. The average Bonchev–Trinajstić information content (AvgIpc) is 3.13. The largest absolute Gasteiger partial charge is 0.345 e. The summed E-state index contributed by atoms with van der Waals surface area (Å²) in [5, 5.41) is 2.28. The third kappa shape index (κ3) is 2.23.